The van der Waals surface area contributed by atoms with Crippen LogP contribution in [-0.4, -0.2) is 50.0 Å². The predicted octanol–water partition coefficient (Wildman–Crippen LogP) is 4.31. The molecule has 1 N–H and O–H groups in total. The summed E-state index contributed by atoms with van der Waals surface area (Å²) < 4.78 is 5.14. The fourth-order valence-corrected chi connectivity index (χ4v) is 3.65. The number of nitrogens with zero attached hydrogens (tertiary/aromatic N) is 2. The molecule has 3 rings (SSSR count). The van der Waals surface area contributed by atoms with Gasteiger partial charge < -0.3 is 19.9 Å². The summed E-state index contributed by atoms with van der Waals surface area (Å²) in [5.41, 5.74) is 2.45. The van der Waals surface area contributed by atoms with Crippen LogP contribution in [0.5, 0.6) is 5.75 Å². The van der Waals surface area contributed by atoms with Crippen molar-refractivity contribution >= 4 is 40.9 Å². The van der Waals surface area contributed by atoms with Gasteiger partial charge in [-0.15, -0.1) is 0 Å². The number of anilines is 2. The Bertz CT molecular complexity index is 949. The first-order chi connectivity index (χ1) is 14.9. The molecule has 7 heteroatoms. The Morgan fingerprint density at radius 2 is 1.74 bits per heavy atom. The van der Waals surface area contributed by atoms with Gasteiger partial charge in [-0.3, -0.25) is 9.59 Å². The second-order valence-corrected chi connectivity index (χ2v) is 8.16. The number of hydrogen-bond acceptors (Lipinski definition) is 4. The number of carbonyl (C=O) groups excluding carboxylic acids is 2. The molecule has 1 heterocycles. The van der Waals surface area contributed by atoms with Gasteiger partial charge in [0.25, 0.3) is 0 Å². The van der Waals surface area contributed by atoms with Crippen molar-refractivity contribution < 1.29 is 14.3 Å². The van der Waals surface area contributed by atoms with Crippen LogP contribution in [0.2, 0.25) is 5.02 Å². The molecule has 1 aliphatic heterocycles. The smallest absolute Gasteiger partial charge is 0.248 e. The minimum atomic E-state index is -0.243. The Balaban J connectivity index is 1.68. The zero-order chi connectivity index (χ0) is 22.4. The summed E-state index contributed by atoms with van der Waals surface area (Å²) >= 11 is 6.19. The second kappa shape index (κ2) is 10.4. The van der Waals surface area contributed by atoms with Crippen LogP contribution in [-0.2, 0) is 9.59 Å². The largest absolute Gasteiger partial charge is 0.497 e. The van der Waals surface area contributed by atoms with E-state index in [0.717, 1.165) is 17.0 Å². The molecule has 0 unspecified atom stereocenters. The zero-order valence-electron chi connectivity index (χ0n) is 18.1. The molecular weight excluding hydrogens is 414 g/mol. The van der Waals surface area contributed by atoms with E-state index in [4.69, 9.17) is 16.3 Å². The molecule has 1 aliphatic rings. The van der Waals surface area contributed by atoms with E-state index in [1.54, 1.807) is 19.3 Å². The van der Waals surface area contributed by atoms with E-state index < -0.39 is 0 Å². The third kappa shape index (κ3) is 6.01. The van der Waals surface area contributed by atoms with Gasteiger partial charge >= 0.3 is 0 Å². The lowest BCUT2D eigenvalue weighted by Crippen LogP contribution is -2.50. The fraction of sp³-hybridized carbons (Fsp3) is 0.333. The number of ether oxygens (including phenoxy) is 1. The standard InChI is InChI=1S/C24H28ClN3O3/c1-17(2)24(30)28-14-12-27(13-15-28)22-10-7-19(25)16-21(22)26-23(29)11-6-18-4-8-20(31-3)9-5-18/h4-11,16-17H,12-15H2,1-3H3,(H,26,29)/b11-6+. The summed E-state index contributed by atoms with van der Waals surface area (Å²) in [4.78, 5) is 28.8. The highest BCUT2D eigenvalue weighted by atomic mass is 35.5. The van der Waals surface area contributed by atoms with E-state index in [-0.39, 0.29) is 17.7 Å². The van der Waals surface area contributed by atoms with E-state index in [9.17, 15) is 9.59 Å². The quantitative estimate of drug-likeness (QED) is 0.679. The van der Waals surface area contributed by atoms with Crippen LogP contribution in [0.4, 0.5) is 11.4 Å². The molecule has 0 radical (unpaired) electrons. The average molecular weight is 442 g/mol. The van der Waals surface area contributed by atoms with Gasteiger partial charge in [0.1, 0.15) is 5.75 Å². The van der Waals surface area contributed by atoms with Gasteiger partial charge in [-0.1, -0.05) is 37.6 Å². The Kier molecular flexibility index (Phi) is 7.58. The van der Waals surface area contributed by atoms with Crippen LogP contribution in [0, 0.1) is 5.92 Å². The highest BCUT2D eigenvalue weighted by Crippen LogP contribution is 2.30. The summed E-state index contributed by atoms with van der Waals surface area (Å²) in [6.45, 7) is 6.55. The van der Waals surface area contributed by atoms with Gasteiger partial charge in [0.15, 0.2) is 0 Å². The van der Waals surface area contributed by atoms with Gasteiger partial charge in [-0.2, -0.15) is 0 Å². The normalized spacial score (nSPS) is 14.2. The van der Waals surface area contributed by atoms with Gasteiger partial charge in [0.05, 0.1) is 18.5 Å². The van der Waals surface area contributed by atoms with Crippen molar-refractivity contribution in [2.45, 2.75) is 13.8 Å². The van der Waals surface area contributed by atoms with Gasteiger partial charge in [0.2, 0.25) is 11.8 Å². The zero-order valence-corrected chi connectivity index (χ0v) is 18.9. The Morgan fingerprint density at radius 3 is 2.35 bits per heavy atom. The fourth-order valence-electron chi connectivity index (χ4n) is 3.48. The summed E-state index contributed by atoms with van der Waals surface area (Å²) in [6.07, 6.45) is 3.24. The summed E-state index contributed by atoms with van der Waals surface area (Å²) in [5.74, 6) is 0.690. The van der Waals surface area contributed by atoms with Crippen LogP contribution in [0.15, 0.2) is 48.5 Å². The molecule has 2 aromatic carbocycles. The van der Waals surface area contributed by atoms with Crippen molar-refractivity contribution in [1.29, 1.82) is 0 Å². The topological polar surface area (TPSA) is 61.9 Å². The van der Waals surface area contributed by atoms with Crippen molar-refractivity contribution in [3.63, 3.8) is 0 Å². The number of nitrogens with one attached hydrogen (secondary N) is 1. The number of methoxy groups -OCH3 is 1. The molecule has 2 amide bonds. The first-order valence-corrected chi connectivity index (χ1v) is 10.7. The molecule has 0 aliphatic carbocycles. The number of halogens is 1. The number of hydrogen-bond donors (Lipinski definition) is 1. The van der Waals surface area contributed by atoms with Crippen molar-refractivity contribution in [1.82, 2.24) is 4.90 Å². The maximum atomic E-state index is 12.5. The number of carbonyl (C=O) groups is 2. The maximum Gasteiger partial charge on any atom is 0.248 e. The third-order valence-corrected chi connectivity index (χ3v) is 5.42. The number of rotatable bonds is 6. The molecular formula is C24H28ClN3O3. The monoisotopic (exact) mass is 441 g/mol. The number of benzene rings is 2. The van der Waals surface area contributed by atoms with Crippen LogP contribution in [0.1, 0.15) is 19.4 Å². The second-order valence-electron chi connectivity index (χ2n) is 7.72. The van der Waals surface area contributed by atoms with Crippen molar-refractivity contribution in [2.24, 2.45) is 5.92 Å². The predicted molar refractivity (Wildman–Crippen MR) is 126 cm³/mol. The van der Waals surface area contributed by atoms with Gasteiger partial charge in [0, 0.05) is 43.2 Å². The lowest BCUT2D eigenvalue weighted by atomic mass is 10.1. The summed E-state index contributed by atoms with van der Waals surface area (Å²) in [7, 11) is 1.61. The first-order valence-electron chi connectivity index (χ1n) is 10.3. The Labute approximate surface area is 188 Å². The van der Waals surface area contributed by atoms with Crippen molar-refractivity contribution in [3.05, 3.63) is 59.1 Å². The lowest BCUT2D eigenvalue weighted by molar-refractivity contribution is -0.134. The SMILES string of the molecule is COc1ccc(/C=C/C(=O)Nc2cc(Cl)ccc2N2CCN(C(=O)C(C)C)CC2)cc1. The molecule has 0 spiro atoms. The molecule has 2 aromatic rings. The molecule has 1 fully saturated rings. The maximum absolute atomic E-state index is 12.5. The van der Waals surface area contributed by atoms with Crippen LogP contribution in [0.3, 0.4) is 0 Å². The van der Waals surface area contributed by atoms with Gasteiger partial charge in [-0.25, -0.2) is 0 Å². The van der Waals surface area contributed by atoms with Crippen LogP contribution >= 0.6 is 11.6 Å². The first kappa shape index (κ1) is 22.7. The van der Waals surface area contributed by atoms with Gasteiger partial charge in [-0.05, 0) is 42.0 Å². The Hall–Kier alpha value is -2.99. The minimum absolute atomic E-state index is 0.00517. The number of piperazine rings is 1. The van der Waals surface area contributed by atoms with Crippen LogP contribution in [0.25, 0.3) is 6.08 Å². The lowest BCUT2D eigenvalue weighted by Gasteiger charge is -2.37. The Morgan fingerprint density at radius 1 is 1.06 bits per heavy atom. The highest BCUT2D eigenvalue weighted by molar-refractivity contribution is 6.31. The van der Waals surface area contributed by atoms with E-state index in [1.807, 2.05) is 55.1 Å². The molecule has 0 saturated carbocycles. The van der Waals surface area contributed by atoms with E-state index in [2.05, 4.69) is 10.2 Å². The third-order valence-electron chi connectivity index (χ3n) is 5.19. The van der Waals surface area contributed by atoms with Crippen molar-refractivity contribution in [2.75, 3.05) is 43.5 Å². The molecule has 0 bridgehead atoms. The summed E-state index contributed by atoms with van der Waals surface area (Å²) in [5, 5.41) is 3.48. The van der Waals surface area contributed by atoms with E-state index >= 15 is 0 Å². The molecule has 6 nitrogen and oxygen atoms in total. The minimum Gasteiger partial charge on any atom is -0.497 e. The molecule has 164 valence electrons. The van der Waals surface area contributed by atoms with E-state index in [1.165, 1.54) is 6.08 Å². The van der Waals surface area contributed by atoms with E-state index in [0.29, 0.717) is 36.9 Å². The molecule has 0 atom stereocenters. The highest BCUT2D eigenvalue weighted by Gasteiger charge is 2.24. The molecule has 31 heavy (non-hydrogen) atoms. The molecule has 0 aromatic heterocycles. The average Bonchev–Trinajstić information content (AvgIpc) is 2.78. The van der Waals surface area contributed by atoms with Crippen LogP contribution < -0.4 is 15.0 Å². The molecule has 1 saturated heterocycles. The number of amides is 2. The van der Waals surface area contributed by atoms with Crippen molar-refractivity contribution in [3.8, 4) is 5.75 Å². The summed E-state index contributed by atoms with van der Waals surface area (Å²) in [6, 6.07) is 12.9.